The Morgan fingerprint density at radius 3 is 2.32 bits per heavy atom. The second kappa shape index (κ2) is 6.16. The number of hydrogen-bond acceptors (Lipinski definition) is 3. The first kappa shape index (κ1) is 16.6. The maximum Gasteiger partial charge on any atom is 0.420 e. The van der Waals surface area contributed by atoms with Crippen molar-refractivity contribution in [3.8, 4) is 0 Å². The quantitative estimate of drug-likeness (QED) is 0.780. The number of rotatable bonds is 3. The molecule has 0 bridgehead atoms. The van der Waals surface area contributed by atoms with Crippen molar-refractivity contribution in [3.05, 3.63) is 46.8 Å². The lowest BCUT2D eigenvalue weighted by atomic mass is 10.2. The number of aryl methyl sites for hydroxylation is 2. The summed E-state index contributed by atoms with van der Waals surface area (Å²) in [6.45, 7) is 5.18. The Balaban J connectivity index is 2.39. The van der Waals surface area contributed by atoms with Crippen molar-refractivity contribution in [2.75, 3.05) is 0 Å². The second-order valence-corrected chi connectivity index (χ2v) is 5.87. The third-order valence-electron chi connectivity index (χ3n) is 3.21. The molecule has 2 rings (SSSR count). The SMILES string of the molecule is CCn1nc(C(=O)Sc2ccc(C)cc2)c(C(F)(F)F)c1C. The van der Waals surface area contributed by atoms with E-state index in [1.165, 1.54) is 11.6 Å². The number of benzene rings is 1. The van der Waals surface area contributed by atoms with E-state index in [1.807, 2.05) is 6.92 Å². The van der Waals surface area contributed by atoms with Gasteiger partial charge < -0.3 is 0 Å². The van der Waals surface area contributed by atoms with Crippen LogP contribution in [0, 0.1) is 13.8 Å². The molecular weight excluding hydrogens is 313 g/mol. The molecule has 0 aliphatic carbocycles. The van der Waals surface area contributed by atoms with Crippen LogP contribution in [0.25, 0.3) is 0 Å². The highest BCUT2D eigenvalue weighted by molar-refractivity contribution is 8.14. The van der Waals surface area contributed by atoms with Crippen LogP contribution >= 0.6 is 11.8 Å². The lowest BCUT2D eigenvalue weighted by Crippen LogP contribution is -2.11. The minimum absolute atomic E-state index is 0.0390. The summed E-state index contributed by atoms with van der Waals surface area (Å²) in [6, 6.07) is 7.01. The Kier molecular flexibility index (Phi) is 4.65. The van der Waals surface area contributed by atoms with Crippen molar-refractivity contribution in [1.82, 2.24) is 9.78 Å². The summed E-state index contributed by atoms with van der Waals surface area (Å²) in [5.41, 5.74) is -0.502. The minimum Gasteiger partial charge on any atom is -0.279 e. The molecule has 0 saturated heterocycles. The Hall–Kier alpha value is -1.76. The van der Waals surface area contributed by atoms with Crippen LogP contribution in [0.5, 0.6) is 0 Å². The smallest absolute Gasteiger partial charge is 0.279 e. The largest absolute Gasteiger partial charge is 0.420 e. The second-order valence-electron chi connectivity index (χ2n) is 4.83. The summed E-state index contributed by atoms with van der Waals surface area (Å²) in [5.74, 6) is 0. The van der Waals surface area contributed by atoms with Gasteiger partial charge in [-0.15, -0.1) is 0 Å². The first-order valence-electron chi connectivity index (χ1n) is 6.67. The zero-order chi connectivity index (χ0) is 16.5. The predicted octanol–water partition coefficient (Wildman–Crippen LogP) is 4.47. The number of nitrogens with zero attached hydrogens (tertiary/aromatic N) is 2. The molecule has 0 aliphatic heterocycles. The van der Waals surface area contributed by atoms with Gasteiger partial charge in [-0.25, -0.2) is 0 Å². The average Bonchev–Trinajstić information content (AvgIpc) is 2.78. The lowest BCUT2D eigenvalue weighted by molar-refractivity contribution is -0.138. The number of carbonyl (C=O) groups is 1. The number of halogens is 3. The van der Waals surface area contributed by atoms with E-state index in [-0.39, 0.29) is 12.2 Å². The molecular formula is C15H15F3N2OS. The van der Waals surface area contributed by atoms with Crippen LogP contribution in [0.15, 0.2) is 29.2 Å². The summed E-state index contributed by atoms with van der Waals surface area (Å²) < 4.78 is 40.8. The van der Waals surface area contributed by atoms with Crippen LogP contribution in [0.1, 0.15) is 34.2 Å². The van der Waals surface area contributed by atoms with Gasteiger partial charge >= 0.3 is 6.18 Å². The third-order valence-corrected chi connectivity index (χ3v) is 4.10. The summed E-state index contributed by atoms with van der Waals surface area (Å²) in [7, 11) is 0. The summed E-state index contributed by atoms with van der Waals surface area (Å²) >= 11 is 0.753. The number of alkyl halides is 3. The molecule has 0 fully saturated rings. The molecule has 0 aliphatic rings. The molecule has 0 unspecified atom stereocenters. The molecule has 118 valence electrons. The Labute approximate surface area is 130 Å². The Morgan fingerprint density at radius 1 is 1.23 bits per heavy atom. The van der Waals surface area contributed by atoms with Gasteiger partial charge in [0.05, 0.1) is 0 Å². The van der Waals surface area contributed by atoms with E-state index >= 15 is 0 Å². The van der Waals surface area contributed by atoms with Gasteiger partial charge in [0.1, 0.15) is 5.56 Å². The van der Waals surface area contributed by atoms with E-state index < -0.39 is 22.5 Å². The van der Waals surface area contributed by atoms with E-state index in [1.54, 1.807) is 31.2 Å². The fourth-order valence-corrected chi connectivity index (χ4v) is 2.82. The van der Waals surface area contributed by atoms with Crippen molar-refractivity contribution in [1.29, 1.82) is 0 Å². The summed E-state index contributed by atoms with van der Waals surface area (Å²) in [6.07, 6.45) is -4.60. The molecule has 0 radical (unpaired) electrons. The maximum absolute atomic E-state index is 13.2. The van der Waals surface area contributed by atoms with Crippen molar-refractivity contribution < 1.29 is 18.0 Å². The van der Waals surface area contributed by atoms with E-state index in [4.69, 9.17) is 0 Å². The molecule has 0 amide bonds. The number of hydrogen-bond donors (Lipinski definition) is 0. The molecule has 1 heterocycles. The van der Waals surface area contributed by atoms with Crippen molar-refractivity contribution in [2.45, 2.75) is 38.4 Å². The van der Waals surface area contributed by atoms with Gasteiger partial charge in [0.15, 0.2) is 5.69 Å². The first-order valence-corrected chi connectivity index (χ1v) is 7.49. The number of carbonyl (C=O) groups excluding carboxylic acids is 1. The van der Waals surface area contributed by atoms with Crippen LogP contribution in [-0.2, 0) is 12.7 Å². The van der Waals surface area contributed by atoms with Crippen LogP contribution in [-0.4, -0.2) is 14.9 Å². The maximum atomic E-state index is 13.2. The van der Waals surface area contributed by atoms with Crippen molar-refractivity contribution in [3.63, 3.8) is 0 Å². The number of aromatic nitrogens is 2. The average molecular weight is 328 g/mol. The minimum atomic E-state index is -4.60. The zero-order valence-corrected chi connectivity index (χ0v) is 13.2. The van der Waals surface area contributed by atoms with Gasteiger partial charge in [-0.05, 0) is 44.7 Å². The molecule has 0 N–H and O–H groups in total. The van der Waals surface area contributed by atoms with Gasteiger partial charge in [-0.2, -0.15) is 18.3 Å². The monoisotopic (exact) mass is 328 g/mol. The van der Waals surface area contributed by atoms with E-state index in [0.717, 1.165) is 17.3 Å². The van der Waals surface area contributed by atoms with Gasteiger partial charge in [-0.1, -0.05) is 17.7 Å². The van der Waals surface area contributed by atoms with Crippen LogP contribution < -0.4 is 0 Å². The summed E-state index contributed by atoms with van der Waals surface area (Å²) in [4.78, 5) is 12.8. The van der Waals surface area contributed by atoms with Gasteiger partial charge in [-0.3, -0.25) is 9.48 Å². The Bertz CT molecular complexity index is 690. The fraction of sp³-hybridized carbons (Fsp3) is 0.333. The Morgan fingerprint density at radius 2 is 1.82 bits per heavy atom. The van der Waals surface area contributed by atoms with E-state index in [2.05, 4.69) is 5.10 Å². The first-order chi connectivity index (χ1) is 10.2. The topological polar surface area (TPSA) is 34.9 Å². The molecule has 0 atom stereocenters. The predicted molar refractivity (Wildman–Crippen MR) is 79.0 cm³/mol. The normalized spacial score (nSPS) is 11.7. The fourth-order valence-electron chi connectivity index (χ4n) is 2.10. The third kappa shape index (κ3) is 3.35. The summed E-state index contributed by atoms with van der Waals surface area (Å²) in [5, 5.41) is 3.13. The van der Waals surface area contributed by atoms with Crippen LogP contribution in [0.3, 0.4) is 0 Å². The van der Waals surface area contributed by atoms with E-state index in [9.17, 15) is 18.0 Å². The van der Waals surface area contributed by atoms with Crippen LogP contribution in [0.2, 0.25) is 0 Å². The molecule has 0 saturated carbocycles. The van der Waals surface area contributed by atoms with Gasteiger partial charge in [0.25, 0.3) is 0 Å². The van der Waals surface area contributed by atoms with Gasteiger partial charge in [0, 0.05) is 17.1 Å². The zero-order valence-electron chi connectivity index (χ0n) is 12.4. The van der Waals surface area contributed by atoms with Crippen LogP contribution in [0.4, 0.5) is 13.2 Å². The lowest BCUT2D eigenvalue weighted by Gasteiger charge is -2.07. The molecule has 7 heteroatoms. The highest BCUT2D eigenvalue weighted by atomic mass is 32.2. The highest BCUT2D eigenvalue weighted by Crippen LogP contribution is 2.36. The molecule has 0 spiro atoms. The van der Waals surface area contributed by atoms with E-state index in [0.29, 0.717) is 4.90 Å². The number of thioether (sulfide) groups is 1. The molecule has 3 nitrogen and oxygen atoms in total. The van der Waals surface area contributed by atoms with Crippen molar-refractivity contribution >= 4 is 16.9 Å². The molecule has 1 aromatic carbocycles. The van der Waals surface area contributed by atoms with Gasteiger partial charge in [0.2, 0.25) is 5.12 Å². The molecule has 2 aromatic rings. The standard InChI is InChI=1S/C15H15F3N2OS/c1-4-20-10(3)12(15(16,17)18)13(19-20)14(21)22-11-7-5-9(2)6-8-11/h5-8H,4H2,1-3H3. The molecule has 1 aromatic heterocycles. The van der Waals surface area contributed by atoms with Crippen molar-refractivity contribution in [2.24, 2.45) is 0 Å². The molecule has 22 heavy (non-hydrogen) atoms. The highest BCUT2D eigenvalue weighted by Gasteiger charge is 2.40.